The first-order valence-corrected chi connectivity index (χ1v) is 11.4. The Morgan fingerprint density at radius 1 is 1.18 bits per heavy atom. The third-order valence-corrected chi connectivity index (χ3v) is 6.85. The van der Waals surface area contributed by atoms with Crippen molar-refractivity contribution in [3.8, 4) is 11.3 Å². The van der Waals surface area contributed by atoms with Crippen LogP contribution in [0.25, 0.3) is 16.9 Å². The number of fused-ring (bicyclic) bond motifs is 3. The number of anilines is 3. The van der Waals surface area contributed by atoms with Crippen molar-refractivity contribution in [2.45, 2.75) is 38.4 Å². The fourth-order valence-corrected chi connectivity index (χ4v) is 5.22. The number of hydrogen-bond acceptors (Lipinski definition) is 8. The van der Waals surface area contributed by atoms with E-state index in [0.29, 0.717) is 40.8 Å². The molecule has 1 aromatic carbocycles. The van der Waals surface area contributed by atoms with Crippen molar-refractivity contribution in [2.24, 2.45) is 5.73 Å². The molecule has 0 unspecified atom stereocenters. The number of benzene rings is 1. The van der Waals surface area contributed by atoms with Gasteiger partial charge in [0, 0.05) is 48.2 Å². The van der Waals surface area contributed by atoms with E-state index in [9.17, 15) is 4.79 Å². The highest BCUT2D eigenvalue weighted by atomic mass is 16.3. The highest BCUT2D eigenvalue weighted by Crippen LogP contribution is 2.36. The summed E-state index contributed by atoms with van der Waals surface area (Å²) in [7, 11) is 0. The molecule has 0 saturated carbocycles. The molecule has 5 heterocycles. The summed E-state index contributed by atoms with van der Waals surface area (Å²) in [5.41, 5.74) is 9.31. The number of carbonyl (C=O) groups is 1. The minimum atomic E-state index is -0.630. The first-order chi connectivity index (χ1) is 16.5. The number of amides is 1. The molecule has 34 heavy (non-hydrogen) atoms. The van der Waals surface area contributed by atoms with Crippen molar-refractivity contribution >= 4 is 28.7 Å². The van der Waals surface area contributed by atoms with Crippen LogP contribution < -0.4 is 16.0 Å². The summed E-state index contributed by atoms with van der Waals surface area (Å²) in [6, 6.07) is 11.9. The minimum Gasteiger partial charge on any atom is -0.458 e. The third kappa shape index (κ3) is 3.38. The molecule has 0 aliphatic carbocycles. The maximum atomic E-state index is 11.4. The van der Waals surface area contributed by atoms with Crippen LogP contribution >= 0.6 is 0 Å². The molecule has 10 heteroatoms. The van der Waals surface area contributed by atoms with Crippen LogP contribution in [0.2, 0.25) is 0 Å². The molecule has 2 atom stereocenters. The van der Waals surface area contributed by atoms with Gasteiger partial charge in [-0.1, -0.05) is 0 Å². The molecule has 2 fully saturated rings. The van der Waals surface area contributed by atoms with Crippen molar-refractivity contribution in [2.75, 3.05) is 23.3 Å². The van der Waals surface area contributed by atoms with Crippen molar-refractivity contribution in [3.05, 3.63) is 54.9 Å². The highest BCUT2D eigenvalue weighted by Gasteiger charge is 2.43. The summed E-state index contributed by atoms with van der Waals surface area (Å²) in [4.78, 5) is 25.4. The zero-order valence-corrected chi connectivity index (χ0v) is 19.0. The van der Waals surface area contributed by atoms with Gasteiger partial charge in [0.1, 0.15) is 12.6 Å². The number of piperazine rings is 1. The second-order valence-electron chi connectivity index (χ2n) is 9.21. The molecule has 2 bridgehead atoms. The second-order valence-corrected chi connectivity index (χ2v) is 9.21. The van der Waals surface area contributed by atoms with Gasteiger partial charge in [0.05, 0.1) is 11.9 Å². The van der Waals surface area contributed by atoms with Crippen LogP contribution in [-0.4, -0.2) is 61.6 Å². The zero-order chi connectivity index (χ0) is 23.4. The molecule has 3 N–H and O–H groups in total. The summed E-state index contributed by atoms with van der Waals surface area (Å²) in [6.07, 6.45) is 5.83. The lowest BCUT2D eigenvalue weighted by atomic mass is 10.2. The molecule has 3 aromatic heterocycles. The van der Waals surface area contributed by atoms with Crippen molar-refractivity contribution in [3.63, 3.8) is 0 Å². The quantitative estimate of drug-likeness (QED) is 0.453. The Labute approximate surface area is 196 Å². The van der Waals surface area contributed by atoms with Gasteiger partial charge in [0.15, 0.2) is 17.2 Å². The van der Waals surface area contributed by atoms with E-state index in [4.69, 9.17) is 10.2 Å². The fourth-order valence-electron chi connectivity index (χ4n) is 5.22. The molecule has 1 amide bonds. The van der Waals surface area contributed by atoms with Crippen LogP contribution in [0, 0.1) is 0 Å². The number of carbonyl (C=O) groups excluding carboxylic acids is 1. The van der Waals surface area contributed by atoms with Crippen LogP contribution in [-0.2, 0) is 0 Å². The van der Waals surface area contributed by atoms with Crippen molar-refractivity contribution < 1.29 is 9.21 Å². The van der Waals surface area contributed by atoms with Crippen LogP contribution in [0.1, 0.15) is 30.8 Å². The molecule has 2 saturated heterocycles. The average Bonchev–Trinajstić information content (AvgIpc) is 3.63. The van der Waals surface area contributed by atoms with Gasteiger partial charge < -0.3 is 20.4 Å². The van der Waals surface area contributed by atoms with Gasteiger partial charge in [-0.2, -0.15) is 5.10 Å². The predicted molar refractivity (Wildman–Crippen MR) is 128 cm³/mol. The SMILES string of the molecule is CC(C)N1C[C@@H]2C[C@@H]1CN2c1ccc(Nc2ncc(-c3coc(C(N)=O)c3)n3ncnc23)cc1. The normalized spacial score (nSPS) is 20.0. The summed E-state index contributed by atoms with van der Waals surface area (Å²) < 4.78 is 6.89. The molecule has 174 valence electrons. The molecule has 6 rings (SSSR count). The molecule has 10 nitrogen and oxygen atoms in total. The fraction of sp³-hybridized carbons (Fsp3) is 0.333. The monoisotopic (exact) mass is 458 g/mol. The Balaban J connectivity index is 1.21. The van der Waals surface area contributed by atoms with E-state index in [2.05, 4.69) is 68.3 Å². The minimum absolute atomic E-state index is 0.0775. The third-order valence-electron chi connectivity index (χ3n) is 6.85. The molecular weight excluding hydrogens is 432 g/mol. The molecule has 2 aliphatic rings. The Kier molecular flexibility index (Phi) is 4.77. The number of rotatable bonds is 6. The number of nitrogens with one attached hydrogen (secondary N) is 1. The van der Waals surface area contributed by atoms with Crippen LogP contribution in [0.4, 0.5) is 17.2 Å². The topological polar surface area (TPSA) is 118 Å². The van der Waals surface area contributed by atoms with Crippen LogP contribution in [0.5, 0.6) is 0 Å². The lowest BCUT2D eigenvalue weighted by Crippen LogP contribution is -2.48. The number of nitrogens with two attached hydrogens (primary N) is 1. The molecular formula is C24H26N8O2. The van der Waals surface area contributed by atoms with E-state index in [1.54, 1.807) is 16.8 Å². The van der Waals surface area contributed by atoms with E-state index < -0.39 is 5.91 Å². The second kappa shape index (κ2) is 7.84. The number of aromatic nitrogens is 4. The Morgan fingerprint density at radius 2 is 2.00 bits per heavy atom. The summed E-state index contributed by atoms with van der Waals surface area (Å²) in [5.74, 6) is 0.0314. The van der Waals surface area contributed by atoms with Crippen molar-refractivity contribution in [1.29, 1.82) is 0 Å². The van der Waals surface area contributed by atoms with Gasteiger partial charge in [-0.05, 0) is 50.6 Å². The van der Waals surface area contributed by atoms with Gasteiger partial charge in [-0.15, -0.1) is 0 Å². The predicted octanol–water partition coefficient (Wildman–Crippen LogP) is 2.90. The number of primary amides is 1. The Bertz CT molecular complexity index is 1360. The maximum Gasteiger partial charge on any atom is 0.284 e. The number of nitrogens with zero attached hydrogens (tertiary/aromatic N) is 6. The van der Waals surface area contributed by atoms with E-state index in [-0.39, 0.29) is 5.76 Å². The number of furan rings is 1. The standard InChI is InChI=1S/C24H26N8O2/c1-14(2)30-10-19-8-18(30)11-31(19)17-5-3-16(4-6-17)29-23-24-27-13-28-32(24)20(9-26-23)15-7-21(22(25)33)34-12-15/h3-7,9,12-14,18-19H,8,10-11H2,1-2H3,(H2,25,33)(H,26,29)/t18-,19+/m1/s1. The van der Waals surface area contributed by atoms with E-state index in [1.165, 1.54) is 24.7 Å². The van der Waals surface area contributed by atoms with Crippen LogP contribution in [0.15, 0.2) is 53.5 Å². The van der Waals surface area contributed by atoms with Gasteiger partial charge in [0.25, 0.3) is 5.91 Å². The first kappa shape index (κ1) is 20.7. The molecule has 4 aromatic rings. The van der Waals surface area contributed by atoms with E-state index in [1.807, 2.05) is 0 Å². The Morgan fingerprint density at radius 3 is 2.68 bits per heavy atom. The lowest BCUT2D eigenvalue weighted by molar-refractivity contribution is 0.0974. The van der Waals surface area contributed by atoms with E-state index >= 15 is 0 Å². The summed E-state index contributed by atoms with van der Waals surface area (Å²) in [5, 5.41) is 7.67. The molecule has 0 spiro atoms. The largest absolute Gasteiger partial charge is 0.458 e. The van der Waals surface area contributed by atoms with Gasteiger partial charge >= 0.3 is 0 Å². The van der Waals surface area contributed by atoms with Crippen molar-refractivity contribution in [1.82, 2.24) is 24.5 Å². The lowest BCUT2D eigenvalue weighted by Gasteiger charge is -2.37. The molecule has 0 radical (unpaired) electrons. The summed E-state index contributed by atoms with van der Waals surface area (Å²) in [6.45, 7) is 6.80. The van der Waals surface area contributed by atoms with Gasteiger partial charge in [-0.25, -0.2) is 14.5 Å². The Hall–Kier alpha value is -3.92. The average molecular weight is 459 g/mol. The smallest absolute Gasteiger partial charge is 0.284 e. The summed E-state index contributed by atoms with van der Waals surface area (Å²) >= 11 is 0. The van der Waals surface area contributed by atoms with Crippen LogP contribution in [0.3, 0.4) is 0 Å². The number of hydrogen-bond donors (Lipinski definition) is 2. The van der Waals surface area contributed by atoms with Gasteiger partial charge in [0.2, 0.25) is 0 Å². The maximum absolute atomic E-state index is 11.4. The van der Waals surface area contributed by atoms with Gasteiger partial charge in [-0.3, -0.25) is 9.69 Å². The first-order valence-electron chi connectivity index (χ1n) is 11.4. The van der Waals surface area contributed by atoms with E-state index in [0.717, 1.165) is 18.8 Å². The highest BCUT2D eigenvalue weighted by molar-refractivity contribution is 5.91. The zero-order valence-electron chi connectivity index (χ0n) is 19.0. The number of likely N-dealkylation sites (tertiary alicyclic amines) is 1. The molecule has 2 aliphatic heterocycles.